The van der Waals surface area contributed by atoms with Gasteiger partial charge < -0.3 is 10.2 Å². The second kappa shape index (κ2) is 2.52. The molecule has 1 aliphatic rings. The lowest BCUT2D eigenvalue weighted by atomic mass is 9.85. The maximum Gasteiger partial charge on any atom is 0.229 e. The Bertz CT molecular complexity index is 333. The molecule has 0 unspecified atom stereocenters. The van der Waals surface area contributed by atoms with Crippen molar-refractivity contribution in [2.75, 3.05) is 5.73 Å². The molecule has 1 aliphatic carbocycles. The van der Waals surface area contributed by atoms with E-state index in [4.69, 9.17) is 15.4 Å². The van der Waals surface area contributed by atoms with Crippen LogP contribution in [0.2, 0.25) is 0 Å². The number of oxazole rings is 1. The van der Waals surface area contributed by atoms with Crippen LogP contribution >= 0.6 is 0 Å². The Labute approximate surface area is 70.0 Å². The van der Waals surface area contributed by atoms with E-state index in [2.05, 4.69) is 4.98 Å². The number of nitrogens with zero attached hydrogens (tertiary/aromatic N) is 2. The highest BCUT2D eigenvalue weighted by atomic mass is 16.4. The minimum atomic E-state index is 0.152. The van der Waals surface area contributed by atoms with Gasteiger partial charge in [-0.05, 0) is 12.8 Å². The fourth-order valence-electron chi connectivity index (χ4n) is 1.26. The van der Waals surface area contributed by atoms with E-state index in [1.54, 1.807) is 0 Å². The molecule has 2 N–H and O–H groups in total. The summed E-state index contributed by atoms with van der Waals surface area (Å²) >= 11 is 0. The molecule has 2 rings (SSSR count). The first-order valence-corrected chi connectivity index (χ1v) is 3.97. The monoisotopic (exact) mass is 163 g/mol. The van der Waals surface area contributed by atoms with Gasteiger partial charge >= 0.3 is 0 Å². The molecular weight excluding hydrogens is 154 g/mol. The lowest BCUT2D eigenvalue weighted by Crippen LogP contribution is -2.08. The Morgan fingerprint density at radius 3 is 2.75 bits per heavy atom. The first kappa shape index (κ1) is 7.17. The Morgan fingerprint density at radius 1 is 1.58 bits per heavy atom. The molecule has 1 aromatic heterocycles. The van der Waals surface area contributed by atoms with Crippen LogP contribution in [0.4, 0.5) is 5.88 Å². The van der Waals surface area contributed by atoms with E-state index in [0.717, 1.165) is 12.8 Å². The van der Waals surface area contributed by atoms with Crippen molar-refractivity contribution in [3.63, 3.8) is 0 Å². The summed E-state index contributed by atoms with van der Waals surface area (Å²) in [5, 5.41) is 8.55. The molecule has 62 valence electrons. The maximum atomic E-state index is 8.55. The van der Waals surface area contributed by atoms with Gasteiger partial charge in [0.2, 0.25) is 17.5 Å². The average Bonchev–Trinajstić information content (AvgIpc) is 2.27. The molecule has 1 saturated carbocycles. The fourth-order valence-corrected chi connectivity index (χ4v) is 1.26. The topological polar surface area (TPSA) is 75.8 Å². The highest BCUT2D eigenvalue weighted by Crippen LogP contribution is 2.36. The predicted molar refractivity (Wildman–Crippen MR) is 42.2 cm³/mol. The number of hydrogen-bond donors (Lipinski definition) is 1. The molecule has 12 heavy (non-hydrogen) atoms. The van der Waals surface area contributed by atoms with Crippen LogP contribution in [0.1, 0.15) is 36.8 Å². The number of rotatable bonds is 1. The van der Waals surface area contributed by atoms with Crippen LogP contribution in [-0.2, 0) is 0 Å². The Hall–Kier alpha value is -1.50. The summed E-state index contributed by atoms with van der Waals surface area (Å²) in [5.41, 5.74) is 5.64. The van der Waals surface area contributed by atoms with Crippen LogP contribution in [0.15, 0.2) is 4.42 Å². The van der Waals surface area contributed by atoms with Crippen molar-refractivity contribution in [2.24, 2.45) is 0 Å². The van der Waals surface area contributed by atoms with E-state index in [1.807, 2.05) is 6.07 Å². The number of aromatic nitrogens is 1. The van der Waals surface area contributed by atoms with Gasteiger partial charge in [-0.1, -0.05) is 6.42 Å². The van der Waals surface area contributed by atoms with Crippen molar-refractivity contribution >= 4 is 5.88 Å². The van der Waals surface area contributed by atoms with Crippen LogP contribution in [0, 0.1) is 11.3 Å². The zero-order valence-corrected chi connectivity index (χ0v) is 6.58. The highest BCUT2D eigenvalue weighted by Gasteiger charge is 2.25. The molecule has 0 spiro atoms. The van der Waals surface area contributed by atoms with Crippen molar-refractivity contribution in [1.29, 1.82) is 5.26 Å². The standard InChI is InChI=1S/C8H9N3O/c9-4-6-7(10)12-8(11-6)5-2-1-3-5/h5H,1-3,10H2. The van der Waals surface area contributed by atoms with Gasteiger partial charge in [-0.3, -0.25) is 0 Å². The number of nitriles is 1. The van der Waals surface area contributed by atoms with E-state index in [1.165, 1.54) is 6.42 Å². The van der Waals surface area contributed by atoms with Gasteiger partial charge in [0.25, 0.3) is 0 Å². The van der Waals surface area contributed by atoms with E-state index >= 15 is 0 Å². The Balaban J connectivity index is 2.28. The van der Waals surface area contributed by atoms with Gasteiger partial charge in [-0.15, -0.1) is 0 Å². The molecule has 0 atom stereocenters. The zero-order valence-electron chi connectivity index (χ0n) is 6.58. The predicted octanol–water partition coefficient (Wildman–Crippen LogP) is 1.40. The molecule has 4 heteroatoms. The van der Waals surface area contributed by atoms with Crippen LogP contribution in [0.5, 0.6) is 0 Å². The van der Waals surface area contributed by atoms with Crippen LogP contribution in [-0.4, -0.2) is 4.98 Å². The molecule has 1 fully saturated rings. The summed E-state index contributed by atoms with van der Waals surface area (Å²) in [6.07, 6.45) is 3.42. The highest BCUT2D eigenvalue weighted by molar-refractivity contribution is 5.41. The Kier molecular flexibility index (Phi) is 1.51. The minimum absolute atomic E-state index is 0.152. The first-order valence-electron chi connectivity index (χ1n) is 3.97. The quantitative estimate of drug-likeness (QED) is 0.678. The molecule has 0 bridgehead atoms. The summed E-state index contributed by atoms with van der Waals surface area (Å²) in [6.45, 7) is 0. The molecule has 0 aromatic carbocycles. The second-order valence-electron chi connectivity index (χ2n) is 3.00. The molecule has 0 amide bonds. The van der Waals surface area contributed by atoms with Gasteiger partial charge in [0, 0.05) is 5.92 Å². The summed E-state index contributed by atoms with van der Waals surface area (Å²) in [5.74, 6) is 1.18. The van der Waals surface area contributed by atoms with Crippen molar-refractivity contribution in [2.45, 2.75) is 25.2 Å². The summed E-state index contributed by atoms with van der Waals surface area (Å²) in [4.78, 5) is 4.00. The lowest BCUT2D eigenvalue weighted by molar-refractivity contribution is 0.339. The van der Waals surface area contributed by atoms with Gasteiger partial charge in [0.05, 0.1) is 0 Å². The van der Waals surface area contributed by atoms with Crippen LogP contribution in [0.3, 0.4) is 0 Å². The van der Waals surface area contributed by atoms with E-state index in [-0.39, 0.29) is 11.6 Å². The maximum absolute atomic E-state index is 8.55. The van der Waals surface area contributed by atoms with Gasteiger partial charge in [0.1, 0.15) is 6.07 Å². The van der Waals surface area contributed by atoms with Crippen molar-refractivity contribution in [3.05, 3.63) is 11.6 Å². The Morgan fingerprint density at radius 2 is 2.33 bits per heavy atom. The summed E-state index contributed by atoms with van der Waals surface area (Å²) in [6, 6.07) is 1.89. The van der Waals surface area contributed by atoms with Gasteiger partial charge in [-0.2, -0.15) is 5.26 Å². The smallest absolute Gasteiger partial charge is 0.229 e. The third kappa shape index (κ3) is 0.944. The van der Waals surface area contributed by atoms with Crippen LogP contribution < -0.4 is 5.73 Å². The third-order valence-electron chi connectivity index (χ3n) is 2.23. The molecular formula is C8H9N3O. The number of anilines is 1. The summed E-state index contributed by atoms with van der Waals surface area (Å²) < 4.78 is 5.15. The molecule has 0 radical (unpaired) electrons. The van der Waals surface area contributed by atoms with E-state index < -0.39 is 0 Å². The fraction of sp³-hybridized carbons (Fsp3) is 0.500. The van der Waals surface area contributed by atoms with Gasteiger partial charge in [0.15, 0.2) is 0 Å². The van der Waals surface area contributed by atoms with E-state index in [9.17, 15) is 0 Å². The molecule has 0 aliphatic heterocycles. The number of nitrogen functional groups attached to an aromatic ring is 1. The molecule has 4 nitrogen and oxygen atoms in total. The zero-order chi connectivity index (χ0) is 8.55. The van der Waals surface area contributed by atoms with Crippen molar-refractivity contribution in [1.82, 2.24) is 4.98 Å². The van der Waals surface area contributed by atoms with E-state index in [0.29, 0.717) is 11.8 Å². The van der Waals surface area contributed by atoms with Crippen molar-refractivity contribution in [3.8, 4) is 6.07 Å². The normalized spacial score (nSPS) is 16.9. The molecule has 1 heterocycles. The minimum Gasteiger partial charge on any atom is -0.424 e. The average molecular weight is 163 g/mol. The third-order valence-corrected chi connectivity index (χ3v) is 2.23. The number of nitrogens with two attached hydrogens (primary N) is 1. The van der Waals surface area contributed by atoms with Crippen LogP contribution in [0.25, 0.3) is 0 Å². The second-order valence-corrected chi connectivity index (χ2v) is 3.00. The molecule has 0 saturated heterocycles. The van der Waals surface area contributed by atoms with Crippen molar-refractivity contribution < 1.29 is 4.42 Å². The lowest BCUT2D eigenvalue weighted by Gasteiger charge is -2.21. The first-order chi connectivity index (χ1) is 5.81. The summed E-state index contributed by atoms with van der Waals surface area (Å²) in [7, 11) is 0. The van der Waals surface area contributed by atoms with Gasteiger partial charge in [-0.25, -0.2) is 4.98 Å². The largest absolute Gasteiger partial charge is 0.424 e. The SMILES string of the molecule is N#Cc1nc(C2CCC2)oc1N. The molecule has 1 aromatic rings. The number of hydrogen-bond acceptors (Lipinski definition) is 4.